The van der Waals surface area contributed by atoms with Gasteiger partial charge in [-0.3, -0.25) is 14.9 Å². The summed E-state index contributed by atoms with van der Waals surface area (Å²) in [6.07, 6.45) is 0. The molecule has 5 nitrogen and oxygen atoms in total. The summed E-state index contributed by atoms with van der Waals surface area (Å²) in [6, 6.07) is 9.92. The van der Waals surface area contributed by atoms with Gasteiger partial charge in [-0.1, -0.05) is 28.1 Å². The van der Waals surface area contributed by atoms with Gasteiger partial charge in [-0.25, -0.2) is 0 Å². The molecule has 19 heavy (non-hydrogen) atoms. The van der Waals surface area contributed by atoms with Crippen LogP contribution in [0.25, 0.3) is 21.8 Å². The second-order valence-electron chi connectivity index (χ2n) is 4.10. The van der Waals surface area contributed by atoms with Crippen LogP contribution in [0.5, 0.6) is 0 Å². The molecule has 1 heterocycles. The summed E-state index contributed by atoms with van der Waals surface area (Å²) >= 11 is 3.19. The Morgan fingerprint density at radius 1 is 1.16 bits per heavy atom. The van der Waals surface area contributed by atoms with E-state index in [0.717, 1.165) is 0 Å². The summed E-state index contributed by atoms with van der Waals surface area (Å²) in [5.41, 5.74) is 0.503. The molecule has 3 aromatic rings. The second-order valence-corrected chi connectivity index (χ2v) is 5.02. The minimum atomic E-state index is -0.502. The number of nitro benzene ring substituents is 1. The normalized spacial score (nSPS) is 11.0. The van der Waals surface area contributed by atoms with Crippen LogP contribution in [0.1, 0.15) is 0 Å². The molecule has 0 unspecified atom stereocenters. The highest BCUT2D eigenvalue weighted by Crippen LogP contribution is 2.28. The number of halogens is 1. The van der Waals surface area contributed by atoms with Crippen LogP contribution in [0.15, 0.2) is 45.7 Å². The van der Waals surface area contributed by atoms with Crippen molar-refractivity contribution in [2.24, 2.45) is 0 Å². The average molecular weight is 319 g/mol. The molecule has 2 aromatic carbocycles. The lowest BCUT2D eigenvalue weighted by atomic mass is 10.1. The van der Waals surface area contributed by atoms with Crippen molar-refractivity contribution in [2.45, 2.75) is 0 Å². The maximum atomic E-state index is 12.4. The Hall–Kier alpha value is -2.21. The summed E-state index contributed by atoms with van der Waals surface area (Å²) in [4.78, 5) is 25.9. The molecule has 0 saturated heterocycles. The van der Waals surface area contributed by atoms with Gasteiger partial charge in [0.05, 0.1) is 10.3 Å². The molecule has 0 amide bonds. The molecular weight excluding hydrogens is 312 g/mol. The van der Waals surface area contributed by atoms with Gasteiger partial charge >= 0.3 is 0 Å². The number of nitro groups is 1. The van der Waals surface area contributed by atoms with Crippen LogP contribution in [0.3, 0.4) is 0 Å². The molecule has 0 bridgehead atoms. The van der Waals surface area contributed by atoms with E-state index in [0.29, 0.717) is 20.8 Å². The first kappa shape index (κ1) is 11.9. The quantitative estimate of drug-likeness (QED) is 0.424. The smallest absolute Gasteiger partial charge is 0.294 e. The Labute approximate surface area is 115 Å². The fraction of sp³-hybridized carbons (Fsp3) is 0. The highest BCUT2D eigenvalue weighted by atomic mass is 79.9. The third-order valence-electron chi connectivity index (χ3n) is 2.95. The SMILES string of the molecule is O=c1c2ccccc2[nH]c2c([N+](=O)[O-])cc(Br)cc12. The molecule has 94 valence electrons. The molecule has 0 atom stereocenters. The van der Waals surface area contributed by atoms with Crippen LogP contribution in [0.4, 0.5) is 5.69 Å². The molecule has 3 rings (SSSR count). The number of para-hydroxylation sites is 1. The maximum Gasteiger partial charge on any atom is 0.294 e. The van der Waals surface area contributed by atoms with E-state index in [4.69, 9.17) is 0 Å². The largest absolute Gasteiger partial charge is 0.349 e. The van der Waals surface area contributed by atoms with Gasteiger partial charge in [0.25, 0.3) is 5.69 Å². The highest BCUT2D eigenvalue weighted by Gasteiger charge is 2.17. The molecular formula is C13H7BrN2O3. The number of nitrogens with one attached hydrogen (secondary N) is 1. The Morgan fingerprint density at radius 3 is 2.63 bits per heavy atom. The van der Waals surface area contributed by atoms with Crippen molar-refractivity contribution in [3.63, 3.8) is 0 Å². The Morgan fingerprint density at radius 2 is 1.89 bits per heavy atom. The van der Waals surface area contributed by atoms with Crippen LogP contribution < -0.4 is 5.43 Å². The third-order valence-corrected chi connectivity index (χ3v) is 3.41. The number of aromatic amines is 1. The fourth-order valence-corrected chi connectivity index (χ4v) is 2.56. The molecule has 0 radical (unpaired) electrons. The van der Waals surface area contributed by atoms with Gasteiger partial charge in [0.1, 0.15) is 5.52 Å². The summed E-state index contributed by atoms with van der Waals surface area (Å²) in [5.74, 6) is 0. The molecule has 0 spiro atoms. The Balaban J connectivity index is 2.61. The molecule has 0 aliphatic carbocycles. The summed E-state index contributed by atoms with van der Waals surface area (Å²) in [5, 5.41) is 11.9. The van der Waals surface area contributed by atoms with Crippen molar-refractivity contribution in [1.82, 2.24) is 4.98 Å². The molecule has 1 N–H and O–H groups in total. The number of aromatic nitrogens is 1. The minimum Gasteiger partial charge on any atom is -0.349 e. The second kappa shape index (κ2) is 4.17. The van der Waals surface area contributed by atoms with E-state index in [1.54, 1.807) is 30.3 Å². The van der Waals surface area contributed by atoms with Crippen LogP contribution >= 0.6 is 15.9 Å². The van der Waals surface area contributed by atoms with Crippen molar-refractivity contribution < 1.29 is 4.92 Å². The topological polar surface area (TPSA) is 76.0 Å². The highest BCUT2D eigenvalue weighted by molar-refractivity contribution is 9.10. The first-order valence-electron chi connectivity index (χ1n) is 5.46. The number of pyridine rings is 1. The van der Waals surface area contributed by atoms with Gasteiger partial charge in [-0.2, -0.15) is 0 Å². The lowest BCUT2D eigenvalue weighted by molar-refractivity contribution is -0.383. The monoisotopic (exact) mass is 318 g/mol. The summed E-state index contributed by atoms with van der Waals surface area (Å²) in [6.45, 7) is 0. The number of benzene rings is 2. The number of non-ortho nitro benzene ring substituents is 1. The van der Waals surface area contributed by atoms with E-state index in [9.17, 15) is 14.9 Å². The summed E-state index contributed by atoms with van der Waals surface area (Å²) < 4.78 is 0.507. The maximum absolute atomic E-state index is 12.4. The predicted octanol–water partition coefficient (Wildman–Crippen LogP) is 3.35. The average Bonchev–Trinajstić information content (AvgIpc) is 2.39. The van der Waals surface area contributed by atoms with Crippen molar-refractivity contribution in [1.29, 1.82) is 0 Å². The lowest BCUT2D eigenvalue weighted by Gasteiger charge is -2.04. The van der Waals surface area contributed by atoms with E-state index in [-0.39, 0.29) is 16.6 Å². The van der Waals surface area contributed by atoms with Gasteiger partial charge in [-0.15, -0.1) is 0 Å². The first-order chi connectivity index (χ1) is 9.08. The standard InChI is InChI=1S/C13H7BrN2O3/c14-7-5-9-12(11(6-7)16(18)19)15-10-4-2-1-3-8(10)13(9)17/h1-6H,(H,15,17). The number of hydrogen-bond acceptors (Lipinski definition) is 3. The predicted molar refractivity (Wildman–Crippen MR) is 76.4 cm³/mol. The van der Waals surface area contributed by atoms with Crippen LogP contribution in [0.2, 0.25) is 0 Å². The van der Waals surface area contributed by atoms with Crippen molar-refractivity contribution in [3.05, 3.63) is 61.2 Å². The zero-order valence-corrected chi connectivity index (χ0v) is 11.1. The van der Waals surface area contributed by atoms with E-state index >= 15 is 0 Å². The zero-order chi connectivity index (χ0) is 13.6. The van der Waals surface area contributed by atoms with E-state index in [1.165, 1.54) is 6.07 Å². The number of fused-ring (bicyclic) bond motifs is 2. The Kier molecular flexibility index (Phi) is 2.60. The van der Waals surface area contributed by atoms with Gasteiger partial charge in [0.2, 0.25) is 0 Å². The summed E-state index contributed by atoms with van der Waals surface area (Å²) in [7, 11) is 0. The molecule has 0 aliphatic heterocycles. The fourth-order valence-electron chi connectivity index (χ4n) is 2.12. The lowest BCUT2D eigenvalue weighted by Crippen LogP contribution is -2.05. The molecule has 6 heteroatoms. The number of H-pyrrole nitrogens is 1. The van der Waals surface area contributed by atoms with Crippen LogP contribution in [0, 0.1) is 10.1 Å². The van der Waals surface area contributed by atoms with E-state index < -0.39 is 4.92 Å². The minimum absolute atomic E-state index is 0.118. The van der Waals surface area contributed by atoms with Gasteiger partial charge in [0, 0.05) is 21.4 Å². The van der Waals surface area contributed by atoms with Crippen LogP contribution in [-0.4, -0.2) is 9.91 Å². The third kappa shape index (κ3) is 1.80. The molecule has 0 fully saturated rings. The Bertz CT molecular complexity index is 886. The van der Waals surface area contributed by atoms with Gasteiger partial charge in [-0.05, 0) is 18.2 Å². The molecule has 0 saturated carbocycles. The molecule has 1 aromatic heterocycles. The number of hydrogen-bond donors (Lipinski definition) is 1. The zero-order valence-electron chi connectivity index (χ0n) is 9.51. The first-order valence-corrected chi connectivity index (χ1v) is 6.26. The van der Waals surface area contributed by atoms with Crippen molar-refractivity contribution in [2.75, 3.05) is 0 Å². The number of nitrogens with zero attached hydrogens (tertiary/aromatic N) is 1. The van der Waals surface area contributed by atoms with Gasteiger partial charge in [0.15, 0.2) is 5.43 Å². The van der Waals surface area contributed by atoms with Crippen molar-refractivity contribution in [3.8, 4) is 0 Å². The molecule has 0 aliphatic rings. The number of rotatable bonds is 1. The van der Waals surface area contributed by atoms with Crippen LogP contribution in [-0.2, 0) is 0 Å². The van der Waals surface area contributed by atoms with Gasteiger partial charge < -0.3 is 4.98 Å². The van der Waals surface area contributed by atoms with Crippen molar-refractivity contribution >= 4 is 43.4 Å². The van der Waals surface area contributed by atoms with E-state index in [1.807, 2.05) is 0 Å². The van der Waals surface area contributed by atoms with E-state index in [2.05, 4.69) is 20.9 Å².